The molecule has 1 aromatic rings. The van der Waals surface area contributed by atoms with Crippen molar-refractivity contribution in [2.24, 2.45) is 11.7 Å². The van der Waals surface area contributed by atoms with Crippen molar-refractivity contribution in [2.75, 3.05) is 0 Å². The minimum atomic E-state index is -1.06. The van der Waals surface area contributed by atoms with E-state index in [0.717, 1.165) is 0 Å². The van der Waals surface area contributed by atoms with Gasteiger partial charge in [0.05, 0.1) is 0 Å². The molecule has 0 aliphatic heterocycles. The van der Waals surface area contributed by atoms with Gasteiger partial charge < -0.3 is 16.4 Å². The van der Waals surface area contributed by atoms with Gasteiger partial charge in [0.1, 0.15) is 17.9 Å². The first-order valence-corrected chi connectivity index (χ1v) is 7.81. The highest BCUT2D eigenvalue weighted by atomic mass is 19.1. The lowest BCUT2D eigenvalue weighted by atomic mass is 10.0. The number of carbonyl (C=O) groups excluding carboxylic acids is 3. The molecule has 0 unspecified atom stereocenters. The Bertz CT molecular complexity index is 604. The molecular formula is C17H24FN3O3. The van der Waals surface area contributed by atoms with Gasteiger partial charge in [-0.15, -0.1) is 0 Å². The van der Waals surface area contributed by atoms with Gasteiger partial charge in [0, 0.05) is 13.3 Å². The lowest BCUT2D eigenvalue weighted by Gasteiger charge is -2.22. The van der Waals surface area contributed by atoms with E-state index in [9.17, 15) is 18.8 Å². The molecule has 0 saturated carbocycles. The maximum atomic E-state index is 13.7. The third-order valence-electron chi connectivity index (χ3n) is 3.44. The maximum absolute atomic E-state index is 13.7. The van der Waals surface area contributed by atoms with Crippen LogP contribution in [0.15, 0.2) is 24.3 Å². The monoisotopic (exact) mass is 337 g/mol. The van der Waals surface area contributed by atoms with E-state index in [1.165, 1.54) is 25.1 Å². The normalized spacial score (nSPS) is 13.2. The lowest BCUT2D eigenvalue weighted by Crippen LogP contribution is -2.53. The summed E-state index contributed by atoms with van der Waals surface area (Å²) in [5.74, 6) is -1.94. The van der Waals surface area contributed by atoms with Crippen LogP contribution in [0.4, 0.5) is 4.39 Å². The predicted molar refractivity (Wildman–Crippen MR) is 88.3 cm³/mol. The van der Waals surface area contributed by atoms with Gasteiger partial charge in [0.15, 0.2) is 0 Å². The summed E-state index contributed by atoms with van der Waals surface area (Å²) in [4.78, 5) is 35.3. The second-order valence-corrected chi connectivity index (χ2v) is 6.14. The molecule has 0 aliphatic carbocycles. The fourth-order valence-corrected chi connectivity index (χ4v) is 2.33. The summed E-state index contributed by atoms with van der Waals surface area (Å²) in [7, 11) is 0. The van der Waals surface area contributed by atoms with Gasteiger partial charge in [-0.05, 0) is 24.0 Å². The number of nitrogens with one attached hydrogen (secondary N) is 2. The number of amides is 3. The van der Waals surface area contributed by atoms with Gasteiger partial charge in [-0.2, -0.15) is 0 Å². The molecule has 2 atom stereocenters. The summed E-state index contributed by atoms with van der Waals surface area (Å²) in [6.45, 7) is 5.13. The minimum absolute atomic E-state index is 0.0534. The van der Waals surface area contributed by atoms with Gasteiger partial charge in [-0.1, -0.05) is 32.0 Å². The van der Waals surface area contributed by atoms with Crippen LogP contribution in [0.25, 0.3) is 0 Å². The molecule has 132 valence electrons. The smallest absolute Gasteiger partial charge is 0.243 e. The highest BCUT2D eigenvalue weighted by molar-refractivity contribution is 5.91. The van der Waals surface area contributed by atoms with Crippen LogP contribution in [0, 0.1) is 11.7 Å². The molecule has 7 heteroatoms. The molecule has 1 rings (SSSR count). The SMILES string of the molecule is CC(=O)N[C@@H](CC(C)C)C(=O)N[C@H](Cc1ccccc1F)C(N)=O. The number of primary amides is 1. The zero-order chi connectivity index (χ0) is 18.3. The topological polar surface area (TPSA) is 101 Å². The van der Waals surface area contributed by atoms with E-state index in [1.807, 2.05) is 13.8 Å². The Balaban J connectivity index is 2.85. The molecular weight excluding hydrogens is 313 g/mol. The second kappa shape index (κ2) is 9.00. The van der Waals surface area contributed by atoms with Crippen molar-refractivity contribution in [3.8, 4) is 0 Å². The number of nitrogens with two attached hydrogens (primary N) is 1. The molecule has 0 aromatic heterocycles. The van der Waals surface area contributed by atoms with Gasteiger partial charge >= 0.3 is 0 Å². The third kappa shape index (κ3) is 6.36. The molecule has 3 amide bonds. The van der Waals surface area contributed by atoms with Crippen molar-refractivity contribution in [1.82, 2.24) is 10.6 Å². The second-order valence-electron chi connectivity index (χ2n) is 6.14. The van der Waals surface area contributed by atoms with Crippen molar-refractivity contribution < 1.29 is 18.8 Å². The molecule has 0 bridgehead atoms. The average Bonchev–Trinajstić information content (AvgIpc) is 2.46. The van der Waals surface area contributed by atoms with Crippen LogP contribution in [0.2, 0.25) is 0 Å². The predicted octanol–water partition coefficient (Wildman–Crippen LogP) is 0.889. The third-order valence-corrected chi connectivity index (χ3v) is 3.44. The average molecular weight is 337 g/mol. The summed E-state index contributed by atoms with van der Waals surface area (Å²) in [6, 6.07) is 4.14. The van der Waals surface area contributed by atoms with Crippen LogP contribution in [-0.4, -0.2) is 29.8 Å². The first-order valence-electron chi connectivity index (χ1n) is 7.81. The van der Waals surface area contributed by atoms with E-state index in [-0.39, 0.29) is 23.8 Å². The number of halogens is 1. The molecule has 0 heterocycles. The Morgan fingerprint density at radius 2 is 1.75 bits per heavy atom. The van der Waals surface area contributed by atoms with Crippen molar-refractivity contribution >= 4 is 17.7 Å². The van der Waals surface area contributed by atoms with Crippen LogP contribution in [0.3, 0.4) is 0 Å². The van der Waals surface area contributed by atoms with E-state index in [2.05, 4.69) is 10.6 Å². The fourth-order valence-electron chi connectivity index (χ4n) is 2.33. The first-order chi connectivity index (χ1) is 11.2. The van der Waals surface area contributed by atoms with Crippen LogP contribution in [0.1, 0.15) is 32.8 Å². The Labute approximate surface area is 141 Å². The quantitative estimate of drug-likeness (QED) is 0.656. The number of benzene rings is 1. The summed E-state index contributed by atoms with van der Waals surface area (Å²) >= 11 is 0. The minimum Gasteiger partial charge on any atom is -0.368 e. The summed E-state index contributed by atoms with van der Waals surface area (Å²) in [6.07, 6.45) is 0.360. The highest BCUT2D eigenvalue weighted by Crippen LogP contribution is 2.10. The maximum Gasteiger partial charge on any atom is 0.243 e. The number of hydrogen-bond acceptors (Lipinski definition) is 3. The highest BCUT2D eigenvalue weighted by Gasteiger charge is 2.26. The zero-order valence-corrected chi connectivity index (χ0v) is 14.1. The zero-order valence-electron chi connectivity index (χ0n) is 14.1. The number of carbonyl (C=O) groups is 3. The number of hydrogen-bond donors (Lipinski definition) is 3. The Morgan fingerprint density at radius 1 is 1.12 bits per heavy atom. The summed E-state index contributed by atoms with van der Waals surface area (Å²) < 4.78 is 13.7. The van der Waals surface area contributed by atoms with Crippen molar-refractivity contribution in [3.63, 3.8) is 0 Å². The Kier molecular flexibility index (Phi) is 7.35. The molecule has 0 fully saturated rings. The number of rotatable bonds is 8. The van der Waals surface area contributed by atoms with E-state index >= 15 is 0 Å². The molecule has 0 saturated heterocycles. The van der Waals surface area contributed by atoms with Crippen LogP contribution in [0.5, 0.6) is 0 Å². The fraction of sp³-hybridized carbons (Fsp3) is 0.471. The van der Waals surface area contributed by atoms with Crippen LogP contribution < -0.4 is 16.4 Å². The van der Waals surface area contributed by atoms with Crippen LogP contribution in [-0.2, 0) is 20.8 Å². The Morgan fingerprint density at radius 3 is 2.25 bits per heavy atom. The molecule has 1 aromatic carbocycles. The summed E-state index contributed by atoms with van der Waals surface area (Å²) in [5.41, 5.74) is 5.60. The van der Waals surface area contributed by atoms with Crippen LogP contribution >= 0.6 is 0 Å². The Hall–Kier alpha value is -2.44. The first kappa shape index (κ1) is 19.6. The van der Waals surface area contributed by atoms with Gasteiger partial charge in [0.2, 0.25) is 17.7 Å². The summed E-state index contributed by atoms with van der Waals surface area (Å²) in [5, 5.41) is 5.06. The van der Waals surface area contributed by atoms with Crippen molar-refractivity contribution in [1.29, 1.82) is 0 Å². The largest absolute Gasteiger partial charge is 0.368 e. The molecule has 0 spiro atoms. The van der Waals surface area contributed by atoms with Crippen molar-refractivity contribution in [3.05, 3.63) is 35.6 Å². The van der Waals surface area contributed by atoms with E-state index in [4.69, 9.17) is 5.73 Å². The molecule has 0 aliphatic rings. The molecule has 4 N–H and O–H groups in total. The van der Waals surface area contributed by atoms with E-state index in [1.54, 1.807) is 6.07 Å². The standard InChI is InChI=1S/C17H24FN3O3/c1-10(2)8-15(20-11(3)22)17(24)21-14(16(19)23)9-12-6-4-5-7-13(12)18/h4-7,10,14-15H,8-9H2,1-3H3,(H2,19,23)(H,20,22)(H,21,24)/t14-,15+/m1/s1. The van der Waals surface area contributed by atoms with Gasteiger partial charge in [-0.25, -0.2) is 4.39 Å². The van der Waals surface area contributed by atoms with E-state index < -0.39 is 29.7 Å². The van der Waals surface area contributed by atoms with Crippen molar-refractivity contribution in [2.45, 2.75) is 45.7 Å². The molecule has 0 radical (unpaired) electrons. The molecule has 6 nitrogen and oxygen atoms in total. The van der Waals surface area contributed by atoms with Gasteiger partial charge in [-0.3, -0.25) is 14.4 Å². The van der Waals surface area contributed by atoms with Gasteiger partial charge in [0.25, 0.3) is 0 Å². The lowest BCUT2D eigenvalue weighted by molar-refractivity contribution is -0.131. The van der Waals surface area contributed by atoms with E-state index in [0.29, 0.717) is 6.42 Å². The molecule has 24 heavy (non-hydrogen) atoms.